The van der Waals surface area contributed by atoms with Gasteiger partial charge in [-0.05, 0) is 77.0 Å². The minimum absolute atomic E-state index is 0.00312. The Hall–Kier alpha value is -1.66. The minimum Gasteiger partial charge on any atom is -0.466 e. The fourth-order valence-electron chi connectivity index (χ4n) is 10.0. The largest absolute Gasteiger partial charge is 0.466 e. The van der Waals surface area contributed by atoms with Crippen LogP contribution in [-0.2, 0) is 14.3 Å². The lowest BCUT2D eigenvalue weighted by Gasteiger charge is -2.22. The average Bonchev–Trinajstić information content (AvgIpc) is 3.37. The van der Waals surface area contributed by atoms with Crippen molar-refractivity contribution in [1.82, 2.24) is 5.32 Å². The number of rotatable bonds is 60. The van der Waals surface area contributed by atoms with Gasteiger partial charge >= 0.3 is 5.97 Å². The first-order valence-corrected chi connectivity index (χ1v) is 32.1. The average molecular weight is 1000 g/mol. The molecule has 1 amide bonds. The maximum atomic E-state index is 12.5. The number of ether oxygens (including phenoxy) is 1. The second-order valence-corrected chi connectivity index (χ2v) is 22.1. The van der Waals surface area contributed by atoms with Gasteiger partial charge in [-0.1, -0.05) is 289 Å². The molecule has 71 heavy (non-hydrogen) atoms. The first-order valence-electron chi connectivity index (χ1n) is 32.1. The van der Waals surface area contributed by atoms with Gasteiger partial charge in [0.1, 0.15) is 0 Å². The van der Waals surface area contributed by atoms with Crippen molar-refractivity contribution in [2.45, 2.75) is 366 Å². The second-order valence-electron chi connectivity index (χ2n) is 22.1. The molecule has 6 heteroatoms. The highest BCUT2D eigenvalue weighted by atomic mass is 16.5. The monoisotopic (exact) mass is 1000 g/mol. The molecule has 6 nitrogen and oxygen atoms in total. The molecule has 0 rings (SSSR count). The van der Waals surface area contributed by atoms with E-state index in [2.05, 4.69) is 43.5 Å². The topological polar surface area (TPSA) is 95.9 Å². The van der Waals surface area contributed by atoms with E-state index >= 15 is 0 Å². The zero-order valence-corrected chi connectivity index (χ0v) is 48.0. The highest BCUT2D eigenvalue weighted by Crippen LogP contribution is 2.18. The van der Waals surface area contributed by atoms with Gasteiger partial charge in [0.2, 0.25) is 5.91 Å². The third kappa shape index (κ3) is 57.5. The number of esters is 1. The van der Waals surface area contributed by atoms with Crippen molar-refractivity contribution in [3.8, 4) is 0 Å². The number of nitrogens with one attached hydrogen (secondary N) is 1. The highest BCUT2D eigenvalue weighted by molar-refractivity contribution is 5.76. The van der Waals surface area contributed by atoms with Crippen LogP contribution >= 0.6 is 0 Å². The van der Waals surface area contributed by atoms with Gasteiger partial charge in [-0.15, -0.1) is 0 Å². The zero-order valence-electron chi connectivity index (χ0n) is 48.0. The summed E-state index contributed by atoms with van der Waals surface area (Å²) >= 11 is 0. The number of unbranched alkanes of at least 4 members (excludes halogenated alkanes) is 45. The molecule has 0 aliphatic heterocycles. The van der Waals surface area contributed by atoms with Crippen LogP contribution < -0.4 is 5.32 Å². The summed E-state index contributed by atoms with van der Waals surface area (Å²) in [4.78, 5) is 24.6. The number of carbonyl (C=O) groups excluding carboxylic acids is 2. The summed E-state index contributed by atoms with van der Waals surface area (Å²) in [6.45, 7) is 4.96. The summed E-state index contributed by atoms with van der Waals surface area (Å²) in [5, 5.41) is 23.3. The van der Waals surface area contributed by atoms with Gasteiger partial charge < -0.3 is 20.3 Å². The molecule has 0 aromatic carbocycles. The highest BCUT2D eigenvalue weighted by Gasteiger charge is 2.20. The minimum atomic E-state index is -0.669. The summed E-state index contributed by atoms with van der Waals surface area (Å²) in [6.07, 6.45) is 74.8. The molecule has 2 unspecified atom stereocenters. The lowest BCUT2D eigenvalue weighted by molar-refractivity contribution is -0.143. The first kappa shape index (κ1) is 69.3. The number of carbonyl (C=O) groups is 2. The lowest BCUT2D eigenvalue weighted by Crippen LogP contribution is -2.45. The van der Waals surface area contributed by atoms with Crippen molar-refractivity contribution < 1.29 is 24.5 Å². The van der Waals surface area contributed by atoms with E-state index in [1.54, 1.807) is 0 Å². The van der Waals surface area contributed by atoms with E-state index in [9.17, 15) is 19.8 Å². The van der Waals surface area contributed by atoms with Crippen molar-refractivity contribution in [1.29, 1.82) is 0 Å². The molecule has 0 spiro atoms. The Morgan fingerprint density at radius 3 is 1.00 bits per heavy atom. The summed E-state index contributed by atoms with van der Waals surface area (Å²) < 4.78 is 5.49. The Balaban J connectivity index is 3.41. The Morgan fingerprint density at radius 1 is 0.380 bits per heavy atom. The van der Waals surface area contributed by atoms with Crippen LogP contribution in [0.5, 0.6) is 0 Å². The molecule has 0 saturated carbocycles. The van der Waals surface area contributed by atoms with Gasteiger partial charge in [0.05, 0.1) is 25.4 Å². The third-order valence-electron chi connectivity index (χ3n) is 15.0. The van der Waals surface area contributed by atoms with Crippen LogP contribution in [0.25, 0.3) is 0 Å². The number of aliphatic hydroxyl groups is 2. The van der Waals surface area contributed by atoms with Crippen LogP contribution in [-0.4, -0.2) is 47.4 Å². The fourth-order valence-corrected chi connectivity index (χ4v) is 10.0. The molecule has 2 atom stereocenters. The first-order chi connectivity index (χ1) is 35.0. The summed E-state index contributed by atoms with van der Waals surface area (Å²) in [5.41, 5.74) is 0. The molecular formula is C65H125NO5. The van der Waals surface area contributed by atoms with E-state index in [1.165, 1.54) is 276 Å². The van der Waals surface area contributed by atoms with Crippen molar-refractivity contribution in [2.24, 2.45) is 0 Å². The molecule has 420 valence electrons. The Labute approximate surface area is 443 Å². The number of hydrogen-bond donors (Lipinski definition) is 3. The van der Waals surface area contributed by atoms with Gasteiger partial charge in [-0.25, -0.2) is 0 Å². The molecule has 0 aromatic rings. The molecule has 0 bridgehead atoms. The van der Waals surface area contributed by atoms with E-state index in [1.807, 2.05) is 0 Å². The van der Waals surface area contributed by atoms with Crippen molar-refractivity contribution >= 4 is 11.9 Å². The predicted molar refractivity (Wildman–Crippen MR) is 310 cm³/mol. The van der Waals surface area contributed by atoms with E-state index in [0.717, 1.165) is 44.9 Å². The molecule has 0 radical (unpaired) electrons. The van der Waals surface area contributed by atoms with Crippen LogP contribution in [0, 0.1) is 0 Å². The van der Waals surface area contributed by atoms with Gasteiger partial charge in [0.25, 0.3) is 0 Å². The number of aliphatic hydroxyl groups excluding tert-OH is 2. The van der Waals surface area contributed by atoms with E-state index in [4.69, 9.17) is 4.74 Å². The number of amides is 1. The van der Waals surface area contributed by atoms with E-state index in [0.29, 0.717) is 25.9 Å². The second kappa shape index (κ2) is 60.9. The third-order valence-corrected chi connectivity index (χ3v) is 15.0. The van der Waals surface area contributed by atoms with Crippen molar-refractivity contribution in [3.63, 3.8) is 0 Å². The Kier molecular flexibility index (Phi) is 59.5. The molecule has 0 aliphatic carbocycles. The molecule has 0 saturated heterocycles. The Morgan fingerprint density at radius 2 is 0.662 bits per heavy atom. The lowest BCUT2D eigenvalue weighted by atomic mass is 10.0. The molecular weight excluding hydrogens is 875 g/mol. The predicted octanol–water partition coefficient (Wildman–Crippen LogP) is 20.2. The SMILES string of the molecule is CCCCCCCCC/C=C\CCCCCCCC(=O)OCCCCCCCCCCCCC/C=C\CCCCCCCCCC(=O)NC(CO)C(O)CCCCCCCCCCCCCCCCCC. The van der Waals surface area contributed by atoms with E-state index in [-0.39, 0.29) is 18.5 Å². The summed E-state index contributed by atoms with van der Waals surface area (Å²) in [6, 6.07) is -0.546. The van der Waals surface area contributed by atoms with Gasteiger partial charge in [-0.2, -0.15) is 0 Å². The maximum absolute atomic E-state index is 12.5. The van der Waals surface area contributed by atoms with Crippen molar-refractivity contribution in [2.75, 3.05) is 13.2 Å². The quantitative estimate of drug-likeness (QED) is 0.0320. The zero-order chi connectivity index (χ0) is 51.4. The van der Waals surface area contributed by atoms with Crippen LogP contribution in [0.2, 0.25) is 0 Å². The summed E-state index contributed by atoms with van der Waals surface area (Å²) in [7, 11) is 0. The Bertz CT molecular complexity index is 1110. The normalized spacial score (nSPS) is 12.7. The molecule has 0 heterocycles. The van der Waals surface area contributed by atoms with Crippen LogP contribution in [0.3, 0.4) is 0 Å². The van der Waals surface area contributed by atoms with Gasteiger partial charge in [0, 0.05) is 12.8 Å². The van der Waals surface area contributed by atoms with Crippen LogP contribution in [0.1, 0.15) is 354 Å². The standard InChI is InChI=1S/C65H125NO5/c1-3-5-7-9-11-13-15-17-19-29-33-37-41-45-49-53-57-63(68)62(61-67)66-64(69)58-54-50-46-42-38-34-30-27-25-23-21-22-24-26-28-32-36-40-44-48-52-56-60-71-65(70)59-55-51-47-43-39-35-31-20-18-16-14-12-10-8-6-4-2/h20,23,25,31,62-63,67-68H,3-19,21-22,24,26-30,32-61H2,1-2H3,(H,66,69)/b25-23-,31-20-. The molecule has 3 N–H and O–H groups in total. The van der Waals surface area contributed by atoms with Crippen LogP contribution in [0.15, 0.2) is 24.3 Å². The van der Waals surface area contributed by atoms with Crippen molar-refractivity contribution in [3.05, 3.63) is 24.3 Å². The summed E-state index contributed by atoms with van der Waals surface area (Å²) in [5.74, 6) is -0.0366. The molecule has 0 aliphatic rings. The van der Waals surface area contributed by atoms with Gasteiger partial charge in [0.15, 0.2) is 0 Å². The maximum Gasteiger partial charge on any atom is 0.305 e. The number of allylic oxidation sites excluding steroid dienone is 4. The molecule has 0 fully saturated rings. The van der Waals surface area contributed by atoms with E-state index < -0.39 is 12.1 Å². The van der Waals surface area contributed by atoms with Gasteiger partial charge in [-0.3, -0.25) is 9.59 Å². The molecule has 0 aromatic heterocycles. The smallest absolute Gasteiger partial charge is 0.305 e. The fraction of sp³-hybridized carbons (Fsp3) is 0.908. The number of hydrogen-bond acceptors (Lipinski definition) is 5. The van der Waals surface area contributed by atoms with Crippen LogP contribution in [0.4, 0.5) is 0 Å².